The first-order chi connectivity index (χ1) is 15.4. The number of aromatic nitrogens is 4. The summed E-state index contributed by atoms with van der Waals surface area (Å²) >= 11 is 5.68. The summed E-state index contributed by atoms with van der Waals surface area (Å²) in [6.07, 6.45) is 3.51. The standard InChI is InChI=1S/C25H26N6S/c1-16(2)31(17(3)4)25(32)28-18-11-12-19-22(15-18)30-24(21-10-6-8-14-27-21)23(29-19)20-9-5-7-13-26-20/h5-17H,1-4H3,(H,28,32). The largest absolute Gasteiger partial charge is 0.344 e. The smallest absolute Gasteiger partial charge is 0.173 e. The van der Waals surface area contributed by atoms with Crippen molar-refractivity contribution in [1.82, 2.24) is 24.8 Å². The first-order valence-corrected chi connectivity index (χ1v) is 11.1. The summed E-state index contributed by atoms with van der Waals surface area (Å²) < 4.78 is 0. The topological polar surface area (TPSA) is 66.8 Å². The van der Waals surface area contributed by atoms with Crippen molar-refractivity contribution >= 4 is 34.1 Å². The molecule has 0 aliphatic carbocycles. The zero-order valence-electron chi connectivity index (χ0n) is 18.6. The maximum Gasteiger partial charge on any atom is 0.173 e. The molecule has 0 aliphatic heterocycles. The van der Waals surface area contributed by atoms with Crippen molar-refractivity contribution in [2.24, 2.45) is 0 Å². The van der Waals surface area contributed by atoms with Gasteiger partial charge in [0.1, 0.15) is 11.4 Å². The number of hydrogen-bond acceptors (Lipinski definition) is 5. The lowest BCUT2D eigenvalue weighted by Crippen LogP contribution is -2.44. The zero-order valence-corrected chi connectivity index (χ0v) is 19.5. The fourth-order valence-electron chi connectivity index (χ4n) is 3.75. The second kappa shape index (κ2) is 9.36. The van der Waals surface area contributed by atoms with E-state index < -0.39 is 0 Å². The van der Waals surface area contributed by atoms with Crippen LogP contribution in [-0.4, -0.2) is 42.0 Å². The third kappa shape index (κ3) is 4.57. The van der Waals surface area contributed by atoms with Gasteiger partial charge in [0.2, 0.25) is 0 Å². The van der Waals surface area contributed by atoms with Crippen molar-refractivity contribution in [2.75, 3.05) is 5.32 Å². The van der Waals surface area contributed by atoms with E-state index in [1.165, 1.54) is 0 Å². The molecule has 0 spiro atoms. The van der Waals surface area contributed by atoms with Gasteiger partial charge in [0.15, 0.2) is 5.11 Å². The molecular formula is C25H26N6S. The molecule has 162 valence electrons. The Labute approximate surface area is 193 Å². The molecule has 0 saturated heterocycles. The average Bonchev–Trinajstić information content (AvgIpc) is 2.79. The molecule has 7 heteroatoms. The third-order valence-electron chi connectivity index (χ3n) is 5.08. The van der Waals surface area contributed by atoms with Crippen LogP contribution in [0, 0.1) is 0 Å². The first-order valence-electron chi connectivity index (χ1n) is 10.7. The minimum absolute atomic E-state index is 0.298. The van der Waals surface area contributed by atoms with E-state index in [0.29, 0.717) is 28.6 Å². The minimum atomic E-state index is 0.298. The van der Waals surface area contributed by atoms with E-state index in [1.54, 1.807) is 12.4 Å². The van der Waals surface area contributed by atoms with Gasteiger partial charge in [-0.25, -0.2) is 9.97 Å². The van der Waals surface area contributed by atoms with Crippen LogP contribution in [0.4, 0.5) is 5.69 Å². The van der Waals surface area contributed by atoms with Crippen LogP contribution >= 0.6 is 12.2 Å². The van der Waals surface area contributed by atoms with Gasteiger partial charge in [0.05, 0.1) is 22.4 Å². The van der Waals surface area contributed by atoms with Crippen molar-refractivity contribution in [2.45, 2.75) is 39.8 Å². The van der Waals surface area contributed by atoms with E-state index in [1.807, 2.05) is 54.6 Å². The maximum absolute atomic E-state index is 5.68. The second-order valence-corrected chi connectivity index (χ2v) is 8.47. The van der Waals surface area contributed by atoms with Gasteiger partial charge in [-0.15, -0.1) is 0 Å². The summed E-state index contributed by atoms with van der Waals surface area (Å²) in [5.74, 6) is 0. The Bertz CT molecular complexity index is 1220. The molecule has 0 aliphatic rings. The molecule has 0 fully saturated rings. The van der Waals surface area contributed by atoms with Gasteiger partial charge in [0.25, 0.3) is 0 Å². The van der Waals surface area contributed by atoms with E-state index in [2.05, 4.69) is 47.9 Å². The average molecular weight is 443 g/mol. The Morgan fingerprint density at radius 3 is 1.84 bits per heavy atom. The molecule has 0 atom stereocenters. The lowest BCUT2D eigenvalue weighted by Gasteiger charge is -2.33. The van der Waals surface area contributed by atoms with Crippen molar-refractivity contribution in [3.63, 3.8) is 0 Å². The van der Waals surface area contributed by atoms with Crippen LogP contribution < -0.4 is 5.32 Å². The molecule has 6 nitrogen and oxygen atoms in total. The number of nitrogens with one attached hydrogen (secondary N) is 1. The first kappa shape index (κ1) is 21.8. The monoisotopic (exact) mass is 442 g/mol. The highest BCUT2D eigenvalue weighted by molar-refractivity contribution is 7.80. The zero-order chi connectivity index (χ0) is 22.7. The number of benzene rings is 1. The molecule has 3 aromatic heterocycles. The van der Waals surface area contributed by atoms with E-state index in [9.17, 15) is 0 Å². The Morgan fingerprint density at radius 2 is 1.34 bits per heavy atom. The Balaban J connectivity index is 1.78. The van der Waals surface area contributed by atoms with Crippen LogP contribution in [0.3, 0.4) is 0 Å². The van der Waals surface area contributed by atoms with E-state index in [-0.39, 0.29) is 0 Å². The number of anilines is 1. The highest BCUT2D eigenvalue weighted by Gasteiger charge is 2.18. The molecule has 0 amide bonds. The number of rotatable bonds is 5. The summed E-state index contributed by atoms with van der Waals surface area (Å²) in [6.45, 7) is 8.55. The molecule has 0 bridgehead atoms. The highest BCUT2D eigenvalue weighted by Crippen LogP contribution is 2.29. The van der Waals surface area contributed by atoms with Crippen LogP contribution in [-0.2, 0) is 0 Å². The molecular weight excluding hydrogens is 416 g/mol. The van der Waals surface area contributed by atoms with Gasteiger partial charge < -0.3 is 10.2 Å². The fourth-order valence-corrected chi connectivity index (χ4v) is 4.29. The Hall–Kier alpha value is -3.45. The molecule has 4 rings (SSSR count). The summed E-state index contributed by atoms with van der Waals surface area (Å²) in [5, 5.41) is 4.06. The van der Waals surface area contributed by atoms with Gasteiger partial charge >= 0.3 is 0 Å². The predicted molar refractivity (Wildman–Crippen MR) is 134 cm³/mol. The van der Waals surface area contributed by atoms with Gasteiger partial charge in [-0.05, 0) is 82.4 Å². The van der Waals surface area contributed by atoms with Crippen LogP contribution in [0.5, 0.6) is 0 Å². The molecule has 1 N–H and O–H groups in total. The Kier molecular flexibility index (Phi) is 6.37. The molecule has 0 radical (unpaired) electrons. The second-order valence-electron chi connectivity index (χ2n) is 8.08. The van der Waals surface area contributed by atoms with Gasteiger partial charge in [-0.3, -0.25) is 9.97 Å². The van der Waals surface area contributed by atoms with E-state index in [0.717, 1.165) is 28.1 Å². The molecule has 32 heavy (non-hydrogen) atoms. The quantitative estimate of drug-likeness (QED) is 0.405. The number of fused-ring (bicyclic) bond motifs is 1. The highest BCUT2D eigenvalue weighted by atomic mass is 32.1. The lowest BCUT2D eigenvalue weighted by molar-refractivity contribution is 0.296. The number of pyridine rings is 2. The lowest BCUT2D eigenvalue weighted by atomic mass is 10.1. The molecule has 0 saturated carbocycles. The fraction of sp³-hybridized carbons (Fsp3) is 0.240. The maximum atomic E-state index is 5.68. The molecule has 3 heterocycles. The minimum Gasteiger partial charge on any atom is -0.344 e. The summed E-state index contributed by atoms with van der Waals surface area (Å²) in [6, 6.07) is 18.0. The van der Waals surface area contributed by atoms with Crippen LogP contribution in [0.15, 0.2) is 67.0 Å². The van der Waals surface area contributed by atoms with Crippen molar-refractivity contribution in [3.05, 3.63) is 67.0 Å². The number of nitrogens with zero attached hydrogens (tertiary/aromatic N) is 5. The van der Waals surface area contributed by atoms with Crippen LogP contribution in [0.25, 0.3) is 33.8 Å². The van der Waals surface area contributed by atoms with E-state index in [4.69, 9.17) is 22.2 Å². The number of thiocarbonyl (C=S) groups is 1. The summed E-state index contributed by atoms with van der Waals surface area (Å²) in [4.78, 5) is 21.0. The van der Waals surface area contributed by atoms with Gasteiger partial charge in [-0.2, -0.15) is 0 Å². The van der Waals surface area contributed by atoms with Crippen molar-refractivity contribution in [1.29, 1.82) is 0 Å². The number of hydrogen-bond donors (Lipinski definition) is 1. The predicted octanol–water partition coefficient (Wildman–Crippen LogP) is 5.57. The Morgan fingerprint density at radius 1 is 0.781 bits per heavy atom. The summed E-state index contributed by atoms with van der Waals surface area (Å²) in [7, 11) is 0. The van der Waals surface area contributed by atoms with E-state index >= 15 is 0 Å². The van der Waals surface area contributed by atoms with Crippen molar-refractivity contribution < 1.29 is 0 Å². The van der Waals surface area contributed by atoms with Crippen LogP contribution in [0.2, 0.25) is 0 Å². The molecule has 0 unspecified atom stereocenters. The summed E-state index contributed by atoms with van der Waals surface area (Å²) in [5.41, 5.74) is 5.34. The van der Waals surface area contributed by atoms with Crippen LogP contribution in [0.1, 0.15) is 27.7 Å². The third-order valence-corrected chi connectivity index (χ3v) is 5.39. The molecule has 4 aromatic rings. The van der Waals surface area contributed by atoms with Gasteiger partial charge in [0, 0.05) is 30.2 Å². The normalized spacial score (nSPS) is 11.2. The molecule has 1 aromatic carbocycles. The van der Waals surface area contributed by atoms with Crippen molar-refractivity contribution in [3.8, 4) is 22.8 Å². The van der Waals surface area contributed by atoms with Gasteiger partial charge in [-0.1, -0.05) is 12.1 Å². The SMILES string of the molecule is CC(C)N(C(=S)Nc1ccc2nc(-c3ccccn3)c(-c3ccccn3)nc2c1)C(C)C.